The van der Waals surface area contributed by atoms with Gasteiger partial charge in [-0.2, -0.15) is 5.10 Å². The van der Waals surface area contributed by atoms with Crippen molar-refractivity contribution in [1.29, 1.82) is 0 Å². The molecule has 3 heterocycles. The van der Waals surface area contributed by atoms with Gasteiger partial charge in [-0.15, -0.1) is 0 Å². The van der Waals surface area contributed by atoms with Gasteiger partial charge >= 0.3 is 0 Å². The Morgan fingerprint density at radius 1 is 1.26 bits per heavy atom. The van der Waals surface area contributed by atoms with Crippen LogP contribution in [0.3, 0.4) is 0 Å². The van der Waals surface area contributed by atoms with Crippen LogP contribution in [-0.4, -0.2) is 42.2 Å². The highest BCUT2D eigenvalue weighted by atomic mass is 16.1. The van der Waals surface area contributed by atoms with Crippen molar-refractivity contribution in [1.82, 2.24) is 35.0 Å². The summed E-state index contributed by atoms with van der Waals surface area (Å²) in [5.74, 6) is 1.27. The highest BCUT2D eigenvalue weighted by molar-refractivity contribution is 5.80. The lowest BCUT2D eigenvalue weighted by Crippen LogP contribution is -2.29. The fraction of sp³-hybridized carbons (Fsp3) is 0.211. The van der Waals surface area contributed by atoms with E-state index < -0.39 is 0 Å². The molecule has 3 aromatic heterocycles. The Morgan fingerprint density at radius 3 is 3.04 bits per heavy atom. The Hall–Kier alpha value is -3.55. The third-order valence-corrected chi connectivity index (χ3v) is 4.34. The lowest BCUT2D eigenvalue weighted by molar-refractivity contribution is -0.121. The number of nitrogens with one attached hydrogen (secondary N) is 2. The molecule has 0 aliphatic heterocycles. The number of rotatable bonds is 6. The first kappa shape index (κ1) is 16.9. The number of carbonyl (C=O) groups is 1. The van der Waals surface area contributed by atoms with E-state index in [2.05, 4.69) is 30.5 Å². The van der Waals surface area contributed by atoms with Crippen molar-refractivity contribution in [3.05, 3.63) is 60.4 Å². The van der Waals surface area contributed by atoms with E-state index in [0.717, 1.165) is 28.0 Å². The molecule has 27 heavy (non-hydrogen) atoms. The number of imidazole rings is 1. The molecule has 8 heteroatoms. The van der Waals surface area contributed by atoms with Crippen molar-refractivity contribution >= 4 is 16.9 Å². The van der Waals surface area contributed by atoms with Gasteiger partial charge in [0.15, 0.2) is 5.82 Å². The molecular weight excluding hydrogens is 342 g/mol. The maximum atomic E-state index is 12.2. The van der Waals surface area contributed by atoms with E-state index in [1.54, 1.807) is 18.7 Å². The number of hydrogen-bond acceptors (Lipinski definition) is 5. The number of fused-ring (bicyclic) bond motifs is 1. The molecule has 0 unspecified atom stereocenters. The van der Waals surface area contributed by atoms with Gasteiger partial charge in [0.1, 0.15) is 12.4 Å². The minimum Gasteiger partial charge on any atom is -0.354 e. The average Bonchev–Trinajstić information content (AvgIpc) is 3.30. The van der Waals surface area contributed by atoms with E-state index in [9.17, 15) is 4.79 Å². The van der Waals surface area contributed by atoms with E-state index >= 15 is 0 Å². The maximum Gasteiger partial charge on any atom is 0.240 e. The largest absolute Gasteiger partial charge is 0.354 e. The molecule has 136 valence electrons. The van der Waals surface area contributed by atoms with Crippen LogP contribution in [0.1, 0.15) is 11.4 Å². The molecule has 0 saturated heterocycles. The van der Waals surface area contributed by atoms with Crippen LogP contribution in [0.15, 0.2) is 49.1 Å². The SMILES string of the molecule is Cc1ccncc1-c1n[nH]c(CCNC(=O)Cn2cnc3ccccc32)n1. The van der Waals surface area contributed by atoms with Gasteiger partial charge in [-0.25, -0.2) is 9.97 Å². The number of aromatic nitrogens is 6. The minimum atomic E-state index is -0.0685. The predicted octanol–water partition coefficient (Wildman–Crippen LogP) is 1.88. The Balaban J connectivity index is 1.32. The second kappa shape index (κ2) is 7.36. The van der Waals surface area contributed by atoms with Crippen LogP contribution in [0, 0.1) is 6.92 Å². The van der Waals surface area contributed by atoms with Crippen LogP contribution in [0.25, 0.3) is 22.4 Å². The molecule has 4 rings (SSSR count). The van der Waals surface area contributed by atoms with Gasteiger partial charge in [-0.3, -0.25) is 14.9 Å². The summed E-state index contributed by atoms with van der Waals surface area (Å²) in [4.78, 5) is 25.1. The van der Waals surface area contributed by atoms with E-state index in [-0.39, 0.29) is 12.5 Å². The molecule has 2 N–H and O–H groups in total. The first-order valence-electron chi connectivity index (χ1n) is 8.69. The fourth-order valence-electron chi connectivity index (χ4n) is 2.89. The zero-order valence-corrected chi connectivity index (χ0v) is 14.9. The molecule has 4 aromatic rings. The normalized spacial score (nSPS) is 11.0. The van der Waals surface area contributed by atoms with Crippen molar-refractivity contribution in [2.75, 3.05) is 6.54 Å². The average molecular weight is 361 g/mol. The lowest BCUT2D eigenvalue weighted by atomic mass is 10.1. The molecule has 0 aliphatic carbocycles. The number of para-hydroxylation sites is 2. The summed E-state index contributed by atoms with van der Waals surface area (Å²) >= 11 is 0. The van der Waals surface area contributed by atoms with Gasteiger partial charge in [0.25, 0.3) is 0 Å². The molecule has 0 aliphatic rings. The summed E-state index contributed by atoms with van der Waals surface area (Å²) in [6.45, 7) is 2.70. The predicted molar refractivity (Wildman–Crippen MR) is 101 cm³/mol. The van der Waals surface area contributed by atoms with Crippen molar-refractivity contribution in [2.45, 2.75) is 19.9 Å². The number of pyridine rings is 1. The standard InChI is InChI=1S/C19H19N7O/c1-13-6-8-20-10-14(13)19-23-17(24-25-19)7-9-21-18(27)11-26-12-22-15-4-2-3-5-16(15)26/h2-6,8,10,12H,7,9,11H2,1H3,(H,21,27)(H,23,24,25). The number of carbonyl (C=O) groups excluding carboxylic acids is 1. The third kappa shape index (κ3) is 3.69. The summed E-state index contributed by atoms with van der Waals surface area (Å²) in [5, 5.41) is 10.1. The smallest absolute Gasteiger partial charge is 0.240 e. The quantitative estimate of drug-likeness (QED) is 0.546. The topological polar surface area (TPSA) is 101 Å². The van der Waals surface area contributed by atoms with Crippen LogP contribution in [0.2, 0.25) is 0 Å². The van der Waals surface area contributed by atoms with Gasteiger partial charge < -0.3 is 9.88 Å². The van der Waals surface area contributed by atoms with Crippen LogP contribution in [-0.2, 0) is 17.8 Å². The van der Waals surface area contributed by atoms with E-state index in [1.807, 2.05) is 41.8 Å². The van der Waals surface area contributed by atoms with E-state index in [0.29, 0.717) is 18.8 Å². The van der Waals surface area contributed by atoms with E-state index in [1.165, 1.54) is 0 Å². The number of benzene rings is 1. The highest BCUT2D eigenvalue weighted by Crippen LogP contribution is 2.17. The van der Waals surface area contributed by atoms with Crippen LogP contribution in [0.4, 0.5) is 0 Å². The van der Waals surface area contributed by atoms with Crippen LogP contribution in [0.5, 0.6) is 0 Å². The number of hydrogen-bond donors (Lipinski definition) is 2. The molecule has 0 bridgehead atoms. The zero-order valence-electron chi connectivity index (χ0n) is 14.9. The highest BCUT2D eigenvalue weighted by Gasteiger charge is 2.10. The van der Waals surface area contributed by atoms with Gasteiger partial charge in [0.2, 0.25) is 5.91 Å². The Labute approximate surface area is 155 Å². The van der Waals surface area contributed by atoms with Crippen LogP contribution >= 0.6 is 0 Å². The number of aromatic amines is 1. The Kier molecular flexibility index (Phi) is 4.61. The number of amides is 1. The molecule has 0 atom stereocenters. The first-order chi connectivity index (χ1) is 13.2. The summed E-state index contributed by atoms with van der Waals surface area (Å²) in [6.07, 6.45) is 5.75. The van der Waals surface area contributed by atoms with Crippen LogP contribution < -0.4 is 5.32 Å². The summed E-state index contributed by atoms with van der Waals surface area (Å²) in [7, 11) is 0. The zero-order chi connectivity index (χ0) is 18.6. The van der Waals surface area contributed by atoms with Crippen molar-refractivity contribution in [3.63, 3.8) is 0 Å². The summed E-state index contributed by atoms with van der Waals surface area (Å²) < 4.78 is 1.84. The third-order valence-electron chi connectivity index (χ3n) is 4.34. The second-order valence-electron chi connectivity index (χ2n) is 6.26. The molecular formula is C19H19N7O. The van der Waals surface area contributed by atoms with Crippen molar-refractivity contribution in [3.8, 4) is 11.4 Å². The fourth-order valence-corrected chi connectivity index (χ4v) is 2.89. The number of H-pyrrole nitrogens is 1. The van der Waals surface area contributed by atoms with Gasteiger partial charge in [-0.1, -0.05) is 12.1 Å². The van der Waals surface area contributed by atoms with Crippen molar-refractivity contribution < 1.29 is 4.79 Å². The van der Waals surface area contributed by atoms with Gasteiger partial charge in [-0.05, 0) is 30.7 Å². The first-order valence-corrected chi connectivity index (χ1v) is 8.69. The maximum absolute atomic E-state index is 12.2. The molecule has 8 nitrogen and oxygen atoms in total. The second-order valence-corrected chi connectivity index (χ2v) is 6.26. The van der Waals surface area contributed by atoms with Gasteiger partial charge in [0.05, 0.1) is 17.4 Å². The Bertz CT molecular complexity index is 1080. The lowest BCUT2D eigenvalue weighted by Gasteiger charge is -2.05. The Morgan fingerprint density at radius 2 is 2.15 bits per heavy atom. The summed E-state index contributed by atoms with van der Waals surface area (Å²) in [5.41, 5.74) is 3.79. The monoisotopic (exact) mass is 361 g/mol. The minimum absolute atomic E-state index is 0.0685. The molecule has 0 spiro atoms. The van der Waals surface area contributed by atoms with Crippen molar-refractivity contribution in [2.24, 2.45) is 0 Å². The van der Waals surface area contributed by atoms with Gasteiger partial charge in [0, 0.05) is 30.9 Å². The number of aryl methyl sites for hydroxylation is 1. The molecule has 0 radical (unpaired) electrons. The molecule has 0 fully saturated rings. The molecule has 1 aromatic carbocycles. The summed E-state index contributed by atoms with van der Waals surface area (Å²) in [6, 6.07) is 9.66. The number of nitrogens with zero attached hydrogens (tertiary/aromatic N) is 5. The molecule has 1 amide bonds. The molecule has 0 saturated carbocycles. The van der Waals surface area contributed by atoms with E-state index in [4.69, 9.17) is 0 Å².